The standard InChI is InChI=1S/C17H17NO2S/c19-17(14-8-9-20-12-14)16(15-7-4-10-21-15)18-11-13-5-2-1-3-6-13/h1-10,12,16-19H,11H2. The summed E-state index contributed by atoms with van der Waals surface area (Å²) in [7, 11) is 0. The zero-order valence-electron chi connectivity index (χ0n) is 11.5. The first-order valence-corrected chi connectivity index (χ1v) is 7.73. The van der Waals surface area contributed by atoms with Crippen LogP contribution in [0.3, 0.4) is 0 Å². The molecule has 0 radical (unpaired) electrons. The summed E-state index contributed by atoms with van der Waals surface area (Å²) in [5.74, 6) is 0. The Bertz CT molecular complexity index is 635. The molecule has 3 rings (SSSR count). The van der Waals surface area contributed by atoms with Crippen LogP contribution in [0.25, 0.3) is 0 Å². The quantitative estimate of drug-likeness (QED) is 0.725. The van der Waals surface area contributed by atoms with Crippen molar-refractivity contribution < 1.29 is 9.52 Å². The van der Waals surface area contributed by atoms with Gasteiger partial charge in [-0.15, -0.1) is 11.3 Å². The van der Waals surface area contributed by atoms with E-state index in [-0.39, 0.29) is 6.04 Å². The molecule has 2 N–H and O–H groups in total. The van der Waals surface area contributed by atoms with Gasteiger partial charge in [-0.2, -0.15) is 0 Å². The third kappa shape index (κ3) is 3.42. The van der Waals surface area contributed by atoms with Crippen LogP contribution < -0.4 is 5.32 Å². The summed E-state index contributed by atoms with van der Waals surface area (Å²) in [6.45, 7) is 0.707. The molecule has 2 atom stereocenters. The maximum absolute atomic E-state index is 10.6. The normalized spacial score (nSPS) is 14.0. The van der Waals surface area contributed by atoms with Gasteiger partial charge in [0.05, 0.1) is 18.6 Å². The molecule has 0 fully saturated rings. The number of hydrogen-bond donors (Lipinski definition) is 2. The summed E-state index contributed by atoms with van der Waals surface area (Å²) in [4.78, 5) is 1.11. The lowest BCUT2D eigenvalue weighted by molar-refractivity contribution is 0.128. The van der Waals surface area contributed by atoms with Gasteiger partial charge < -0.3 is 14.8 Å². The highest BCUT2D eigenvalue weighted by Crippen LogP contribution is 2.32. The van der Waals surface area contributed by atoms with E-state index in [2.05, 4.69) is 17.4 Å². The Balaban J connectivity index is 1.77. The van der Waals surface area contributed by atoms with Crippen LogP contribution >= 0.6 is 11.3 Å². The Labute approximate surface area is 127 Å². The third-order valence-electron chi connectivity index (χ3n) is 3.42. The number of aliphatic hydroxyl groups excluding tert-OH is 1. The first kappa shape index (κ1) is 14.1. The number of nitrogens with one attached hydrogen (secondary N) is 1. The van der Waals surface area contributed by atoms with Crippen molar-refractivity contribution in [2.45, 2.75) is 18.7 Å². The molecule has 3 nitrogen and oxygen atoms in total. The molecule has 2 aromatic heterocycles. The summed E-state index contributed by atoms with van der Waals surface area (Å²) in [6.07, 6.45) is 2.54. The molecule has 0 bridgehead atoms. The molecule has 3 aromatic rings. The van der Waals surface area contributed by atoms with Crippen LogP contribution in [0.1, 0.15) is 28.1 Å². The molecule has 0 saturated heterocycles. The number of furan rings is 1. The maximum Gasteiger partial charge on any atom is 0.102 e. The van der Waals surface area contributed by atoms with E-state index in [4.69, 9.17) is 4.42 Å². The SMILES string of the molecule is OC(c1ccoc1)C(NCc1ccccc1)c1cccs1. The fraction of sp³-hybridized carbons (Fsp3) is 0.176. The molecule has 0 aliphatic heterocycles. The number of benzene rings is 1. The van der Waals surface area contributed by atoms with Crippen LogP contribution in [0.15, 0.2) is 70.9 Å². The van der Waals surface area contributed by atoms with Crippen molar-refractivity contribution in [1.82, 2.24) is 5.32 Å². The van der Waals surface area contributed by atoms with E-state index < -0.39 is 6.10 Å². The molecule has 2 heterocycles. The highest BCUT2D eigenvalue weighted by Gasteiger charge is 2.24. The van der Waals surface area contributed by atoms with Crippen LogP contribution in [0.5, 0.6) is 0 Å². The summed E-state index contributed by atoms with van der Waals surface area (Å²) in [5.41, 5.74) is 1.98. The first-order valence-electron chi connectivity index (χ1n) is 6.85. The van der Waals surface area contributed by atoms with Gasteiger partial charge in [0, 0.05) is 17.0 Å². The lowest BCUT2D eigenvalue weighted by atomic mass is 10.0. The number of aliphatic hydroxyl groups is 1. The minimum atomic E-state index is -0.633. The fourth-order valence-electron chi connectivity index (χ4n) is 2.30. The Kier molecular flexibility index (Phi) is 4.50. The van der Waals surface area contributed by atoms with Gasteiger partial charge in [-0.1, -0.05) is 36.4 Å². The lowest BCUT2D eigenvalue weighted by Crippen LogP contribution is -2.26. The van der Waals surface area contributed by atoms with Crippen molar-refractivity contribution in [3.05, 3.63) is 82.4 Å². The molecular weight excluding hydrogens is 282 g/mol. The Morgan fingerprint density at radius 3 is 2.62 bits per heavy atom. The van der Waals surface area contributed by atoms with Gasteiger partial charge in [0.15, 0.2) is 0 Å². The van der Waals surface area contributed by atoms with E-state index >= 15 is 0 Å². The number of rotatable bonds is 6. The topological polar surface area (TPSA) is 45.4 Å². The van der Waals surface area contributed by atoms with Crippen LogP contribution in [-0.2, 0) is 6.54 Å². The van der Waals surface area contributed by atoms with Gasteiger partial charge in [-0.3, -0.25) is 0 Å². The van der Waals surface area contributed by atoms with Crippen molar-refractivity contribution in [3.8, 4) is 0 Å². The number of hydrogen-bond acceptors (Lipinski definition) is 4. The van der Waals surface area contributed by atoms with Crippen LogP contribution in [-0.4, -0.2) is 5.11 Å². The summed E-state index contributed by atoms with van der Waals surface area (Å²) < 4.78 is 5.08. The molecule has 108 valence electrons. The molecule has 0 saturated carbocycles. The second kappa shape index (κ2) is 6.72. The summed E-state index contributed by atoms with van der Waals surface area (Å²) >= 11 is 1.64. The zero-order chi connectivity index (χ0) is 14.5. The molecule has 0 spiro atoms. The Morgan fingerprint density at radius 2 is 1.95 bits per heavy atom. The fourth-order valence-corrected chi connectivity index (χ4v) is 3.13. The molecular formula is C17H17NO2S. The van der Waals surface area contributed by atoms with Crippen LogP contribution in [0, 0.1) is 0 Å². The van der Waals surface area contributed by atoms with E-state index in [9.17, 15) is 5.11 Å². The molecule has 4 heteroatoms. The van der Waals surface area contributed by atoms with E-state index in [1.807, 2.05) is 35.7 Å². The van der Waals surface area contributed by atoms with Gasteiger partial charge >= 0.3 is 0 Å². The van der Waals surface area contributed by atoms with Gasteiger partial charge in [-0.25, -0.2) is 0 Å². The summed E-state index contributed by atoms with van der Waals surface area (Å²) in [5, 5.41) is 16.1. The van der Waals surface area contributed by atoms with Gasteiger partial charge in [0.25, 0.3) is 0 Å². The molecule has 0 aliphatic carbocycles. The Morgan fingerprint density at radius 1 is 1.10 bits per heavy atom. The maximum atomic E-state index is 10.6. The van der Waals surface area contributed by atoms with Crippen molar-refractivity contribution in [2.75, 3.05) is 0 Å². The minimum Gasteiger partial charge on any atom is -0.472 e. The highest BCUT2D eigenvalue weighted by molar-refractivity contribution is 7.10. The summed E-state index contributed by atoms with van der Waals surface area (Å²) in [6, 6.07) is 15.9. The Hall–Kier alpha value is -1.88. The largest absolute Gasteiger partial charge is 0.472 e. The van der Waals surface area contributed by atoms with Crippen LogP contribution in [0.2, 0.25) is 0 Å². The molecule has 0 aliphatic rings. The van der Waals surface area contributed by atoms with Gasteiger partial charge in [0.1, 0.15) is 6.10 Å². The molecule has 2 unspecified atom stereocenters. The van der Waals surface area contributed by atoms with Crippen molar-refractivity contribution in [2.24, 2.45) is 0 Å². The van der Waals surface area contributed by atoms with Crippen molar-refractivity contribution in [1.29, 1.82) is 0 Å². The molecule has 0 amide bonds. The van der Waals surface area contributed by atoms with Crippen molar-refractivity contribution in [3.63, 3.8) is 0 Å². The second-order valence-electron chi connectivity index (χ2n) is 4.86. The van der Waals surface area contributed by atoms with E-state index in [1.54, 1.807) is 29.9 Å². The van der Waals surface area contributed by atoms with E-state index in [0.29, 0.717) is 6.54 Å². The minimum absolute atomic E-state index is 0.150. The monoisotopic (exact) mass is 299 g/mol. The van der Waals surface area contributed by atoms with E-state index in [0.717, 1.165) is 10.4 Å². The van der Waals surface area contributed by atoms with Crippen LogP contribution in [0.4, 0.5) is 0 Å². The van der Waals surface area contributed by atoms with Gasteiger partial charge in [-0.05, 0) is 23.1 Å². The smallest absolute Gasteiger partial charge is 0.102 e. The molecule has 1 aromatic carbocycles. The third-order valence-corrected chi connectivity index (χ3v) is 4.37. The lowest BCUT2D eigenvalue weighted by Gasteiger charge is -2.22. The van der Waals surface area contributed by atoms with E-state index in [1.165, 1.54) is 5.56 Å². The second-order valence-corrected chi connectivity index (χ2v) is 5.84. The predicted octanol–water partition coefficient (Wildman–Crippen LogP) is 3.91. The first-order chi connectivity index (χ1) is 10.3. The average molecular weight is 299 g/mol. The average Bonchev–Trinajstić information content (AvgIpc) is 3.22. The van der Waals surface area contributed by atoms with Crippen molar-refractivity contribution >= 4 is 11.3 Å². The highest BCUT2D eigenvalue weighted by atomic mass is 32.1. The molecule has 21 heavy (non-hydrogen) atoms. The number of thiophene rings is 1. The zero-order valence-corrected chi connectivity index (χ0v) is 12.3. The van der Waals surface area contributed by atoms with Gasteiger partial charge in [0.2, 0.25) is 0 Å². The predicted molar refractivity (Wildman–Crippen MR) is 84.0 cm³/mol.